The minimum Gasteiger partial charge on any atom is -0.458 e. The number of amides is 1. The molecule has 0 spiro atoms. The number of fused-ring (bicyclic) bond motifs is 1. The number of carbonyl (C=O) groups excluding carboxylic acids is 1. The second kappa shape index (κ2) is 6.28. The lowest BCUT2D eigenvalue weighted by atomic mass is 9.98. The molecule has 1 heterocycles. The average Bonchev–Trinajstić information content (AvgIpc) is 2.91. The molecule has 5 nitrogen and oxygen atoms in total. The highest BCUT2D eigenvalue weighted by atomic mass is 16.5. The van der Waals surface area contributed by atoms with E-state index >= 15 is 0 Å². The molecule has 0 atom stereocenters. The van der Waals surface area contributed by atoms with Crippen LogP contribution in [0.2, 0.25) is 0 Å². The molecule has 1 fully saturated rings. The molecule has 0 bridgehead atoms. The second-order valence-electron chi connectivity index (χ2n) is 5.44. The lowest BCUT2D eigenvalue weighted by Gasteiger charge is -2.21. The number of carbonyl (C=O) groups is 1. The Labute approximate surface area is 123 Å². The minimum atomic E-state index is -0.345. The van der Waals surface area contributed by atoms with Crippen molar-refractivity contribution < 1.29 is 13.9 Å². The maximum atomic E-state index is 12.0. The number of hydrogen-bond acceptors (Lipinski definition) is 4. The number of ether oxygens (including phenoxy) is 1. The topological polar surface area (TPSA) is 77.5 Å². The third-order valence-electron chi connectivity index (χ3n) is 4.03. The first-order chi connectivity index (χ1) is 10.3. The molecule has 5 heteroatoms. The standard InChI is InChI=1S/C16H20N2O3/c17-18-16(19)15-12-8-4-5-9-13(12)21-14(15)10-20-11-6-2-1-3-7-11/h4-5,8-9,11H,1-3,6-7,10,17H2,(H,18,19). The summed E-state index contributed by atoms with van der Waals surface area (Å²) in [6.07, 6.45) is 6.13. The summed E-state index contributed by atoms with van der Waals surface area (Å²) in [5.41, 5.74) is 3.34. The van der Waals surface area contributed by atoms with E-state index in [9.17, 15) is 4.79 Å². The van der Waals surface area contributed by atoms with Gasteiger partial charge in [0.25, 0.3) is 5.91 Å². The summed E-state index contributed by atoms with van der Waals surface area (Å²) in [5, 5.41) is 0.766. The number of furan rings is 1. The molecule has 1 amide bonds. The van der Waals surface area contributed by atoms with Crippen molar-refractivity contribution in [3.8, 4) is 0 Å². The van der Waals surface area contributed by atoms with E-state index < -0.39 is 0 Å². The Bertz CT molecular complexity index is 629. The molecule has 1 saturated carbocycles. The van der Waals surface area contributed by atoms with Crippen molar-refractivity contribution in [3.05, 3.63) is 35.6 Å². The molecule has 1 aliphatic carbocycles. The Morgan fingerprint density at radius 1 is 1.29 bits per heavy atom. The van der Waals surface area contributed by atoms with Gasteiger partial charge < -0.3 is 9.15 Å². The summed E-state index contributed by atoms with van der Waals surface area (Å²) in [5.74, 6) is 5.48. The number of nitrogens with one attached hydrogen (secondary N) is 1. The number of hydrogen-bond donors (Lipinski definition) is 2. The van der Waals surface area contributed by atoms with Crippen LogP contribution >= 0.6 is 0 Å². The van der Waals surface area contributed by atoms with Crippen LogP contribution in [0.3, 0.4) is 0 Å². The van der Waals surface area contributed by atoms with Gasteiger partial charge in [0, 0.05) is 5.39 Å². The van der Waals surface area contributed by atoms with Crippen molar-refractivity contribution in [2.75, 3.05) is 0 Å². The summed E-state index contributed by atoms with van der Waals surface area (Å²) in [6.45, 7) is 0.308. The average molecular weight is 288 g/mol. The highest BCUT2D eigenvalue weighted by molar-refractivity contribution is 6.06. The Balaban J connectivity index is 1.84. The van der Waals surface area contributed by atoms with Crippen LogP contribution in [0.15, 0.2) is 28.7 Å². The molecule has 2 aromatic rings. The first-order valence-corrected chi connectivity index (χ1v) is 7.42. The van der Waals surface area contributed by atoms with E-state index in [1.54, 1.807) is 0 Å². The van der Waals surface area contributed by atoms with Crippen LogP contribution in [-0.4, -0.2) is 12.0 Å². The smallest absolute Gasteiger partial charge is 0.269 e. The van der Waals surface area contributed by atoms with Crippen molar-refractivity contribution in [2.45, 2.75) is 44.8 Å². The predicted octanol–water partition coefficient (Wildman–Crippen LogP) is 2.89. The summed E-state index contributed by atoms with van der Waals surface area (Å²) < 4.78 is 11.7. The molecule has 112 valence electrons. The Kier molecular flexibility index (Phi) is 4.22. The maximum absolute atomic E-state index is 12.0. The summed E-state index contributed by atoms with van der Waals surface area (Å²) in [4.78, 5) is 12.0. The van der Waals surface area contributed by atoms with E-state index in [4.69, 9.17) is 15.0 Å². The van der Waals surface area contributed by atoms with Gasteiger partial charge in [-0.15, -0.1) is 0 Å². The van der Waals surface area contributed by atoms with Gasteiger partial charge in [0.05, 0.1) is 11.7 Å². The monoisotopic (exact) mass is 288 g/mol. The Morgan fingerprint density at radius 2 is 2.05 bits per heavy atom. The third kappa shape index (κ3) is 2.94. The normalized spacial score (nSPS) is 16.2. The number of nitrogen functional groups attached to an aromatic ring is 1. The molecule has 0 aliphatic heterocycles. The summed E-state index contributed by atoms with van der Waals surface area (Å²) in [6, 6.07) is 7.44. The first-order valence-electron chi connectivity index (χ1n) is 7.42. The number of benzene rings is 1. The molecule has 21 heavy (non-hydrogen) atoms. The van der Waals surface area contributed by atoms with E-state index in [-0.39, 0.29) is 12.0 Å². The number of hydrazine groups is 1. The molecule has 0 unspecified atom stereocenters. The van der Waals surface area contributed by atoms with Gasteiger partial charge in [0.2, 0.25) is 0 Å². The van der Waals surface area contributed by atoms with Crippen LogP contribution in [0.4, 0.5) is 0 Å². The number of nitrogens with two attached hydrogens (primary N) is 1. The van der Waals surface area contributed by atoms with E-state index in [2.05, 4.69) is 5.43 Å². The molecule has 3 N–H and O–H groups in total. The molecule has 1 aromatic carbocycles. The molecule has 1 aliphatic rings. The Hall–Kier alpha value is -1.85. The molecule has 0 radical (unpaired) electrons. The Morgan fingerprint density at radius 3 is 2.81 bits per heavy atom. The zero-order valence-corrected chi connectivity index (χ0v) is 11.9. The molecule has 1 aromatic heterocycles. The lowest BCUT2D eigenvalue weighted by Crippen LogP contribution is -2.30. The third-order valence-corrected chi connectivity index (χ3v) is 4.03. The van der Waals surface area contributed by atoms with E-state index in [0.29, 0.717) is 23.5 Å². The largest absolute Gasteiger partial charge is 0.458 e. The highest BCUT2D eigenvalue weighted by Gasteiger charge is 2.22. The zero-order chi connectivity index (χ0) is 14.7. The fraction of sp³-hybridized carbons (Fsp3) is 0.438. The summed E-state index contributed by atoms with van der Waals surface area (Å²) in [7, 11) is 0. The lowest BCUT2D eigenvalue weighted by molar-refractivity contribution is 0.00891. The van der Waals surface area contributed by atoms with Gasteiger partial charge in [0.1, 0.15) is 18.0 Å². The minimum absolute atomic E-state index is 0.265. The fourth-order valence-electron chi connectivity index (χ4n) is 2.94. The van der Waals surface area contributed by atoms with Crippen molar-refractivity contribution in [2.24, 2.45) is 5.84 Å². The summed E-state index contributed by atoms with van der Waals surface area (Å²) >= 11 is 0. The quantitative estimate of drug-likeness (QED) is 0.515. The molecule has 3 rings (SSSR count). The van der Waals surface area contributed by atoms with Crippen molar-refractivity contribution in [1.29, 1.82) is 0 Å². The second-order valence-corrected chi connectivity index (χ2v) is 5.44. The van der Waals surface area contributed by atoms with Gasteiger partial charge in [0.15, 0.2) is 0 Å². The van der Waals surface area contributed by atoms with Gasteiger partial charge in [-0.1, -0.05) is 37.5 Å². The predicted molar refractivity (Wildman–Crippen MR) is 79.5 cm³/mol. The van der Waals surface area contributed by atoms with E-state index in [0.717, 1.165) is 18.2 Å². The zero-order valence-electron chi connectivity index (χ0n) is 11.9. The molecule has 0 saturated heterocycles. The van der Waals surface area contributed by atoms with Crippen LogP contribution in [0.25, 0.3) is 11.0 Å². The molecular formula is C16H20N2O3. The van der Waals surface area contributed by atoms with Gasteiger partial charge in [-0.2, -0.15) is 0 Å². The SMILES string of the molecule is NNC(=O)c1c(COC2CCCCC2)oc2ccccc12. The van der Waals surface area contributed by atoms with Crippen LogP contribution < -0.4 is 11.3 Å². The fourth-order valence-corrected chi connectivity index (χ4v) is 2.94. The van der Waals surface area contributed by atoms with Crippen LogP contribution in [-0.2, 0) is 11.3 Å². The van der Waals surface area contributed by atoms with Crippen LogP contribution in [0, 0.1) is 0 Å². The maximum Gasteiger partial charge on any atom is 0.269 e. The van der Waals surface area contributed by atoms with Gasteiger partial charge in [-0.05, 0) is 18.9 Å². The van der Waals surface area contributed by atoms with Crippen molar-refractivity contribution >= 4 is 16.9 Å². The van der Waals surface area contributed by atoms with Crippen molar-refractivity contribution in [3.63, 3.8) is 0 Å². The van der Waals surface area contributed by atoms with Crippen molar-refractivity contribution in [1.82, 2.24) is 5.43 Å². The highest BCUT2D eigenvalue weighted by Crippen LogP contribution is 2.28. The van der Waals surface area contributed by atoms with Crippen LogP contribution in [0.1, 0.15) is 48.2 Å². The van der Waals surface area contributed by atoms with E-state index in [1.807, 2.05) is 24.3 Å². The van der Waals surface area contributed by atoms with Gasteiger partial charge in [-0.3, -0.25) is 10.2 Å². The van der Waals surface area contributed by atoms with Gasteiger partial charge >= 0.3 is 0 Å². The van der Waals surface area contributed by atoms with E-state index in [1.165, 1.54) is 19.3 Å². The van der Waals surface area contributed by atoms with Gasteiger partial charge in [-0.25, -0.2) is 5.84 Å². The first kappa shape index (κ1) is 14.1. The number of para-hydroxylation sites is 1. The molecular weight excluding hydrogens is 268 g/mol. The van der Waals surface area contributed by atoms with Crippen LogP contribution in [0.5, 0.6) is 0 Å². The number of rotatable bonds is 4.